The van der Waals surface area contributed by atoms with E-state index < -0.39 is 15.9 Å². The SMILES string of the molecule is CS(=O)(=O)OCCCCOCC(=O)c1ccc(F)cc1. The molecule has 20 heavy (non-hydrogen) atoms. The number of carbonyl (C=O) groups is 1. The molecule has 1 aromatic carbocycles. The minimum Gasteiger partial charge on any atom is -0.373 e. The van der Waals surface area contributed by atoms with Crippen molar-refractivity contribution in [3.05, 3.63) is 35.6 Å². The lowest BCUT2D eigenvalue weighted by atomic mass is 10.1. The van der Waals surface area contributed by atoms with Gasteiger partial charge in [0.05, 0.1) is 12.9 Å². The quantitative estimate of drug-likeness (QED) is 0.395. The third-order valence-electron chi connectivity index (χ3n) is 2.38. The van der Waals surface area contributed by atoms with Gasteiger partial charge < -0.3 is 4.74 Å². The molecule has 1 aromatic rings. The molecule has 0 saturated heterocycles. The van der Waals surface area contributed by atoms with Crippen LogP contribution in [0.5, 0.6) is 0 Å². The lowest BCUT2D eigenvalue weighted by Gasteiger charge is -2.04. The summed E-state index contributed by atoms with van der Waals surface area (Å²) in [5.74, 6) is -0.620. The van der Waals surface area contributed by atoms with Crippen molar-refractivity contribution in [1.29, 1.82) is 0 Å². The fourth-order valence-electron chi connectivity index (χ4n) is 1.40. The van der Waals surface area contributed by atoms with Gasteiger partial charge in [-0.2, -0.15) is 8.42 Å². The van der Waals surface area contributed by atoms with E-state index in [9.17, 15) is 17.6 Å². The van der Waals surface area contributed by atoms with Gasteiger partial charge in [0.25, 0.3) is 10.1 Å². The zero-order valence-electron chi connectivity index (χ0n) is 11.2. The number of Topliss-reactive ketones (excluding diaryl/α,β-unsaturated/α-hetero) is 1. The Hall–Kier alpha value is -1.31. The van der Waals surface area contributed by atoms with Crippen molar-refractivity contribution in [2.75, 3.05) is 26.1 Å². The predicted molar refractivity (Wildman–Crippen MR) is 71.6 cm³/mol. The number of carbonyl (C=O) groups excluding carboxylic acids is 1. The summed E-state index contributed by atoms with van der Waals surface area (Å²) < 4.78 is 43.7. The van der Waals surface area contributed by atoms with Crippen molar-refractivity contribution in [2.45, 2.75) is 12.8 Å². The molecule has 0 aliphatic rings. The van der Waals surface area contributed by atoms with Crippen LogP contribution in [0, 0.1) is 5.82 Å². The standard InChI is InChI=1S/C13H17FO5S/c1-20(16,17)19-9-3-2-8-18-10-13(15)11-4-6-12(14)7-5-11/h4-7H,2-3,8-10H2,1H3. The van der Waals surface area contributed by atoms with Gasteiger partial charge in [-0.3, -0.25) is 8.98 Å². The van der Waals surface area contributed by atoms with Crippen LogP contribution in [0.4, 0.5) is 4.39 Å². The second-order valence-electron chi connectivity index (χ2n) is 4.22. The minimum atomic E-state index is -3.40. The third kappa shape index (κ3) is 7.32. The summed E-state index contributed by atoms with van der Waals surface area (Å²) in [5, 5.41) is 0. The Labute approximate surface area is 117 Å². The molecular formula is C13H17FO5S. The number of unbranched alkanes of at least 4 members (excludes halogenated alkanes) is 1. The molecule has 0 unspecified atom stereocenters. The average molecular weight is 304 g/mol. The molecule has 0 saturated carbocycles. The molecule has 7 heteroatoms. The van der Waals surface area contributed by atoms with Crippen LogP contribution in [-0.4, -0.2) is 40.3 Å². The van der Waals surface area contributed by atoms with E-state index in [4.69, 9.17) is 4.74 Å². The Morgan fingerprint density at radius 1 is 1.15 bits per heavy atom. The second-order valence-corrected chi connectivity index (χ2v) is 5.86. The highest BCUT2D eigenvalue weighted by molar-refractivity contribution is 7.85. The maximum absolute atomic E-state index is 12.7. The molecular weight excluding hydrogens is 287 g/mol. The largest absolute Gasteiger partial charge is 0.373 e. The van der Waals surface area contributed by atoms with Gasteiger partial charge in [0.15, 0.2) is 5.78 Å². The van der Waals surface area contributed by atoms with E-state index in [0.717, 1.165) is 6.26 Å². The van der Waals surface area contributed by atoms with Crippen molar-refractivity contribution in [2.24, 2.45) is 0 Å². The Morgan fingerprint density at radius 3 is 2.35 bits per heavy atom. The zero-order chi connectivity index (χ0) is 15.0. The van der Waals surface area contributed by atoms with E-state index in [1.165, 1.54) is 24.3 Å². The van der Waals surface area contributed by atoms with Crippen LogP contribution in [0.3, 0.4) is 0 Å². The van der Waals surface area contributed by atoms with E-state index in [0.29, 0.717) is 25.0 Å². The molecule has 0 N–H and O–H groups in total. The number of ether oxygens (including phenoxy) is 1. The summed E-state index contributed by atoms with van der Waals surface area (Å²) >= 11 is 0. The van der Waals surface area contributed by atoms with Crippen LogP contribution in [0.25, 0.3) is 0 Å². The molecule has 0 fully saturated rings. The molecule has 5 nitrogen and oxygen atoms in total. The number of rotatable bonds is 9. The molecule has 0 amide bonds. The number of hydrogen-bond acceptors (Lipinski definition) is 5. The Bertz CT molecular complexity index is 524. The summed E-state index contributed by atoms with van der Waals surface area (Å²) in [5.41, 5.74) is 0.395. The summed E-state index contributed by atoms with van der Waals surface area (Å²) in [6.07, 6.45) is 2.11. The van der Waals surface area contributed by atoms with Crippen LogP contribution in [0.2, 0.25) is 0 Å². The summed E-state index contributed by atoms with van der Waals surface area (Å²) in [7, 11) is -3.40. The second kappa shape index (κ2) is 8.08. The van der Waals surface area contributed by atoms with E-state index >= 15 is 0 Å². The Kier molecular flexibility index (Phi) is 6.77. The van der Waals surface area contributed by atoms with Crippen molar-refractivity contribution in [1.82, 2.24) is 0 Å². The van der Waals surface area contributed by atoms with Gasteiger partial charge in [0.2, 0.25) is 0 Å². The first-order valence-corrected chi connectivity index (χ1v) is 7.91. The van der Waals surface area contributed by atoms with Gasteiger partial charge in [-0.15, -0.1) is 0 Å². The van der Waals surface area contributed by atoms with Gasteiger partial charge in [-0.05, 0) is 37.1 Å². The molecule has 0 aromatic heterocycles. The highest BCUT2D eigenvalue weighted by atomic mass is 32.2. The molecule has 0 aliphatic heterocycles. The molecule has 0 aliphatic carbocycles. The van der Waals surface area contributed by atoms with Crippen molar-refractivity contribution in [3.63, 3.8) is 0 Å². The molecule has 0 bridgehead atoms. The first kappa shape index (κ1) is 16.7. The van der Waals surface area contributed by atoms with Crippen LogP contribution in [0.1, 0.15) is 23.2 Å². The van der Waals surface area contributed by atoms with Gasteiger partial charge in [-0.1, -0.05) is 0 Å². The lowest BCUT2D eigenvalue weighted by molar-refractivity contribution is 0.0748. The van der Waals surface area contributed by atoms with Gasteiger partial charge in [-0.25, -0.2) is 4.39 Å². The number of benzene rings is 1. The van der Waals surface area contributed by atoms with Crippen molar-refractivity contribution in [3.8, 4) is 0 Å². The molecule has 0 atom stereocenters. The van der Waals surface area contributed by atoms with Crippen LogP contribution >= 0.6 is 0 Å². The monoisotopic (exact) mass is 304 g/mol. The highest BCUT2D eigenvalue weighted by Gasteiger charge is 2.06. The summed E-state index contributed by atoms with van der Waals surface area (Å²) in [6.45, 7) is 0.354. The summed E-state index contributed by atoms with van der Waals surface area (Å²) in [6, 6.07) is 5.24. The Morgan fingerprint density at radius 2 is 1.75 bits per heavy atom. The zero-order valence-corrected chi connectivity index (χ0v) is 12.0. The van der Waals surface area contributed by atoms with Crippen molar-refractivity contribution >= 4 is 15.9 Å². The highest BCUT2D eigenvalue weighted by Crippen LogP contribution is 2.04. The average Bonchev–Trinajstić information content (AvgIpc) is 2.37. The molecule has 0 spiro atoms. The Balaban J connectivity index is 2.12. The normalized spacial score (nSPS) is 11.5. The maximum Gasteiger partial charge on any atom is 0.264 e. The van der Waals surface area contributed by atoms with E-state index in [1.807, 2.05) is 0 Å². The molecule has 112 valence electrons. The first-order chi connectivity index (χ1) is 9.38. The molecule has 0 radical (unpaired) electrons. The predicted octanol–water partition coefficient (Wildman–Crippen LogP) is 1.78. The van der Waals surface area contributed by atoms with Crippen molar-refractivity contribution < 1.29 is 26.5 Å². The molecule has 0 heterocycles. The third-order valence-corrected chi connectivity index (χ3v) is 2.97. The minimum absolute atomic E-state index is 0.0848. The van der Waals surface area contributed by atoms with Gasteiger partial charge in [0, 0.05) is 12.2 Å². The van der Waals surface area contributed by atoms with Crippen LogP contribution in [-0.2, 0) is 19.0 Å². The fourth-order valence-corrected chi connectivity index (χ4v) is 1.82. The van der Waals surface area contributed by atoms with Crippen LogP contribution < -0.4 is 0 Å². The topological polar surface area (TPSA) is 69.7 Å². The fraction of sp³-hybridized carbons (Fsp3) is 0.462. The smallest absolute Gasteiger partial charge is 0.264 e. The van der Waals surface area contributed by atoms with E-state index in [1.54, 1.807) is 0 Å². The number of ketones is 1. The van der Waals surface area contributed by atoms with Gasteiger partial charge in [0.1, 0.15) is 12.4 Å². The lowest BCUT2D eigenvalue weighted by Crippen LogP contribution is -2.10. The van der Waals surface area contributed by atoms with E-state index in [-0.39, 0.29) is 19.0 Å². The first-order valence-electron chi connectivity index (χ1n) is 6.09. The van der Waals surface area contributed by atoms with Gasteiger partial charge >= 0.3 is 0 Å². The molecule has 1 rings (SSSR count). The number of halogens is 1. The summed E-state index contributed by atoms with van der Waals surface area (Å²) in [4.78, 5) is 11.6. The van der Waals surface area contributed by atoms with E-state index in [2.05, 4.69) is 4.18 Å². The maximum atomic E-state index is 12.7. The van der Waals surface area contributed by atoms with Crippen LogP contribution in [0.15, 0.2) is 24.3 Å². The number of hydrogen-bond donors (Lipinski definition) is 0.